The van der Waals surface area contributed by atoms with Gasteiger partial charge in [-0.25, -0.2) is 4.57 Å². The highest BCUT2D eigenvalue weighted by molar-refractivity contribution is 7.52. The second kappa shape index (κ2) is 9.17. The van der Waals surface area contributed by atoms with E-state index in [9.17, 15) is 14.5 Å². The zero-order valence-electron chi connectivity index (χ0n) is 16.1. The summed E-state index contributed by atoms with van der Waals surface area (Å²) in [6.07, 6.45) is -0.153. The van der Waals surface area contributed by atoms with E-state index in [2.05, 4.69) is 5.09 Å². The Labute approximate surface area is 159 Å². The highest BCUT2D eigenvalue weighted by Gasteiger charge is 2.38. The van der Waals surface area contributed by atoms with Crippen molar-refractivity contribution in [3.8, 4) is 5.75 Å². The van der Waals surface area contributed by atoms with Crippen LogP contribution in [0.4, 0.5) is 0 Å². The molecule has 1 aromatic rings. The van der Waals surface area contributed by atoms with Crippen molar-refractivity contribution < 1.29 is 33.0 Å². The molecule has 0 radical (unpaired) electrons. The summed E-state index contributed by atoms with van der Waals surface area (Å²) in [5, 5.41) is 12.0. The zero-order valence-corrected chi connectivity index (χ0v) is 17.0. The molecule has 152 valence electrons. The van der Waals surface area contributed by atoms with E-state index in [0.717, 1.165) is 0 Å². The molecule has 0 bridgehead atoms. The first-order chi connectivity index (χ1) is 12.6. The molecule has 0 amide bonds. The highest BCUT2D eigenvalue weighted by Crippen LogP contribution is 2.45. The normalized spacial score (nSPS) is 22.3. The van der Waals surface area contributed by atoms with Crippen molar-refractivity contribution in [2.24, 2.45) is 5.92 Å². The van der Waals surface area contributed by atoms with Crippen LogP contribution in [0.25, 0.3) is 0 Å². The number of benzene rings is 1. The van der Waals surface area contributed by atoms with Gasteiger partial charge in [-0.05, 0) is 38.3 Å². The average Bonchev–Trinajstić information content (AvgIpc) is 2.92. The van der Waals surface area contributed by atoms with Gasteiger partial charge in [-0.3, -0.25) is 9.32 Å². The van der Waals surface area contributed by atoms with E-state index in [1.165, 1.54) is 0 Å². The number of aliphatic carboxylic acids is 1. The Morgan fingerprint density at radius 3 is 2.56 bits per heavy atom. The largest absolute Gasteiger partial charge is 0.480 e. The monoisotopic (exact) mass is 401 g/mol. The summed E-state index contributed by atoms with van der Waals surface area (Å²) in [5.74, 6) is -1.47. The molecule has 1 fully saturated rings. The van der Waals surface area contributed by atoms with Crippen LogP contribution < -0.4 is 9.61 Å². The van der Waals surface area contributed by atoms with E-state index in [-0.39, 0.29) is 25.6 Å². The molecule has 0 saturated carbocycles. The number of hydrogen-bond acceptors (Lipinski definition) is 6. The van der Waals surface area contributed by atoms with Gasteiger partial charge in [-0.2, -0.15) is 5.09 Å². The van der Waals surface area contributed by atoms with E-state index < -0.39 is 31.6 Å². The van der Waals surface area contributed by atoms with Crippen molar-refractivity contribution in [1.82, 2.24) is 5.09 Å². The second-order valence-electron chi connectivity index (χ2n) is 7.30. The number of carboxylic acids is 1. The van der Waals surface area contributed by atoms with Gasteiger partial charge in [0.2, 0.25) is 0 Å². The van der Waals surface area contributed by atoms with E-state index >= 15 is 0 Å². The molecule has 0 aliphatic carbocycles. The summed E-state index contributed by atoms with van der Waals surface area (Å²) >= 11 is 0. The Morgan fingerprint density at radius 2 is 2.04 bits per heavy atom. The molecule has 27 heavy (non-hydrogen) atoms. The first kappa shape index (κ1) is 21.9. The van der Waals surface area contributed by atoms with Crippen LogP contribution in [-0.2, 0) is 23.4 Å². The van der Waals surface area contributed by atoms with E-state index in [1.807, 2.05) is 13.8 Å². The Balaban J connectivity index is 2.11. The Bertz CT molecular complexity index is 665. The Kier molecular flexibility index (Phi) is 7.42. The quantitative estimate of drug-likeness (QED) is 0.575. The first-order valence-electron chi connectivity index (χ1n) is 8.90. The van der Waals surface area contributed by atoms with Gasteiger partial charge in [0.1, 0.15) is 17.9 Å². The SMILES string of the molecule is CC(C)C[C@H](NP(=O)(OC[C@@H]1COC(C)(C)O1)Oc1ccccc1)C(=O)O. The molecule has 1 aromatic carbocycles. The van der Waals surface area contributed by atoms with Crippen molar-refractivity contribution >= 4 is 13.7 Å². The van der Waals surface area contributed by atoms with Crippen LogP contribution in [0.1, 0.15) is 34.1 Å². The lowest BCUT2D eigenvalue weighted by molar-refractivity contribution is -0.141. The van der Waals surface area contributed by atoms with Crippen molar-refractivity contribution in [2.45, 2.75) is 52.0 Å². The van der Waals surface area contributed by atoms with Crippen molar-refractivity contribution in [2.75, 3.05) is 13.2 Å². The maximum atomic E-state index is 13.3. The van der Waals surface area contributed by atoms with Gasteiger partial charge in [0.25, 0.3) is 0 Å². The summed E-state index contributed by atoms with van der Waals surface area (Å²) < 4.78 is 35.5. The van der Waals surface area contributed by atoms with E-state index in [1.54, 1.807) is 44.2 Å². The number of nitrogens with one attached hydrogen (secondary N) is 1. The minimum Gasteiger partial charge on any atom is -0.480 e. The molecule has 9 heteroatoms. The number of carbonyl (C=O) groups is 1. The maximum absolute atomic E-state index is 13.3. The van der Waals surface area contributed by atoms with Crippen LogP contribution >= 0.6 is 7.75 Å². The predicted molar refractivity (Wildman–Crippen MR) is 99.5 cm³/mol. The third kappa shape index (κ3) is 7.24. The van der Waals surface area contributed by atoms with Gasteiger partial charge >= 0.3 is 13.7 Å². The molecule has 8 nitrogen and oxygen atoms in total. The minimum atomic E-state index is -3.97. The molecular weight excluding hydrogens is 373 g/mol. The topological polar surface area (TPSA) is 103 Å². The predicted octanol–water partition coefficient (Wildman–Crippen LogP) is 3.43. The lowest BCUT2D eigenvalue weighted by Crippen LogP contribution is -2.38. The van der Waals surface area contributed by atoms with E-state index in [0.29, 0.717) is 5.75 Å². The summed E-state index contributed by atoms with van der Waals surface area (Å²) in [5.41, 5.74) is 0. The van der Waals surface area contributed by atoms with Crippen LogP contribution in [0, 0.1) is 5.92 Å². The smallest absolute Gasteiger partial charge is 0.459 e. The van der Waals surface area contributed by atoms with Crippen LogP contribution in [0.5, 0.6) is 5.75 Å². The first-order valence-corrected chi connectivity index (χ1v) is 10.4. The summed E-state index contributed by atoms with van der Waals surface area (Å²) in [6.45, 7) is 7.53. The minimum absolute atomic E-state index is 0.0610. The molecule has 1 aliphatic heterocycles. The fourth-order valence-corrected chi connectivity index (χ4v) is 4.15. The molecule has 2 rings (SSSR count). The standard InChI is InChI=1S/C18H28NO7P/c1-13(2)10-16(17(20)21)19-27(22,26-14-8-6-5-7-9-14)24-12-15-11-23-18(3,4)25-15/h5-9,13,15-16H,10-12H2,1-4H3,(H,19,22)(H,20,21)/t15-,16-,27?/m0/s1. The van der Waals surface area contributed by atoms with Crippen LogP contribution in [0.2, 0.25) is 0 Å². The average molecular weight is 401 g/mol. The van der Waals surface area contributed by atoms with Gasteiger partial charge in [0.15, 0.2) is 5.79 Å². The van der Waals surface area contributed by atoms with Crippen molar-refractivity contribution in [1.29, 1.82) is 0 Å². The fourth-order valence-electron chi connectivity index (χ4n) is 2.61. The molecule has 1 heterocycles. The lowest BCUT2D eigenvalue weighted by Gasteiger charge is -2.25. The highest BCUT2D eigenvalue weighted by atomic mass is 31.2. The number of rotatable bonds is 10. The van der Waals surface area contributed by atoms with Crippen LogP contribution in [0.15, 0.2) is 30.3 Å². The number of carboxylic acid groups (broad SMARTS) is 1. The number of hydrogen-bond donors (Lipinski definition) is 2. The van der Waals surface area contributed by atoms with E-state index in [4.69, 9.17) is 18.5 Å². The zero-order chi connectivity index (χ0) is 20.1. The van der Waals surface area contributed by atoms with Gasteiger partial charge in [-0.1, -0.05) is 32.0 Å². The van der Waals surface area contributed by atoms with Gasteiger partial charge < -0.3 is 19.1 Å². The third-order valence-electron chi connectivity index (χ3n) is 3.79. The van der Waals surface area contributed by atoms with Gasteiger partial charge in [0.05, 0.1) is 13.2 Å². The van der Waals surface area contributed by atoms with Crippen molar-refractivity contribution in [3.05, 3.63) is 30.3 Å². The van der Waals surface area contributed by atoms with Gasteiger partial charge in [-0.15, -0.1) is 0 Å². The lowest BCUT2D eigenvalue weighted by atomic mass is 10.1. The molecule has 1 aliphatic rings. The van der Waals surface area contributed by atoms with Crippen molar-refractivity contribution in [3.63, 3.8) is 0 Å². The van der Waals surface area contributed by atoms with Crippen LogP contribution in [0.3, 0.4) is 0 Å². The Morgan fingerprint density at radius 1 is 1.37 bits per heavy atom. The molecule has 2 N–H and O–H groups in total. The number of para-hydroxylation sites is 1. The Hall–Kier alpha value is -1.44. The van der Waals surface area contributed by atoms with Gasteiger partial charge in [0, 0.05) is 0 Å². The third-order valence-corrected chi connectivity index (χ3v) is 5.35. The fraction of sp³-hybridized carbons (Fsp3) is 0.611. The molecule has 0 aromatic heterocycles. The molecule has 1 saturated heterocycles. The summed E-state index contributed by atoms with van der Waals surface area (Å²) in [6, 6.07) is 7.40. The molecule has 3 atom stereocenters. The maximum Gasteiger partial charge on any atom is 0.459 e. The van der Waals surface area contributed by atoms with Crippen LogP contribution in [-0.4, -0.2) is 42.2 Å². The molecular formula is C18H28NO7P. The molecule has 1 unspecified atom stereocenters. The molecule has 0 spiro atoms. The summed E-state index contributed by atoms with van der Waals surface area (Å²) in [4.78, 5) is 11.6. The summed E-state index contributed by atoms with van der Waals surface area (Å²) in [7, 11) is -3.97. The number of ether oxygens (including phenoxy) is 2. The second-order valence-corrected chi connectivity index (χ2v) is 8.99.